The third-order valence-electron chi connectivity index (χ3n) is 4.05. The van der Waals surface area contributed by atoms with Crippen molar-refractivity contribution in [1.29, 1.82) is 0 Å². The zero-order chi connectivity index (χ0) is 15.4. The molecular formula is C17H20N2O3. The van der Waals surface area contributed by atoms with Gasteiger partial charge in [0.1, 0.15) is 11.3 Å². The standard InChI is InChI=1S/C17H20N2O3/c1-21-14-8-6-13(7-9-14)16-15(12-18-22-16)17(20)19-10-4-2-3-5-11-19/h6-9,12H,2-5,10-11H2,1H3. The van der Waals surface area contributed by atoms with Crippen LogP contribution < -0.4 is 4.74 Å². The number of carbonyl (C=O) groups excluding carboxylic acids is 1. The molecule has 116 valence electrons. The summed E-state index contributed by atoms with van der Waals surface area (Å²) in [5.41, 5.74) is 1.36. The van der Waals surface area contributed by atoms with E-state index < -0.39 is 0 Å². The van der Waals surface area contributed by atoms with Crippen LogP contribution >= 0.6 is 0 Å². The van der Waals surface area contributed by atoms with E-state index in [1.807, 2.05) is 29.2 Å². The maximum atomic E-state index is 12.7. The summed E-state index contributed by atoms with van der Waals surface area (Å²) >= 11 is 0. The molecule has 1 aromatic heterocycles. The lowest BCUT2D eigenvalue weighted by Gasteiger charge is -2.19. The van der Waals surface area contributed by atoms with Crippen LogP contribution in [0.2, 0.25) is 0 Å². The Balaban J connectivity index is 1.85. The molecule has 0 N–H and O–H groups in total. The third-order valence-corrected chi connectivity index (χ3v) is 4.05. The van der Waals surface area contributed by atoms with E-state index in [4.69, 9.17) is 9.26 Å². The van der Waals surface area contributed by atoms with Crippen LogP contribution in [0.3, 0.4) is 0 Å². The van der Waals surface area contributed by atoms with Crippen LogP contribution in [0.15, 0.2) is 35.0 Å². The van der Waals surface area contributed by atoms with Gasteiger partial charge in [-0.25, -0.2) is 0 Å². The van der Waals surface area contributed by atoms with Crippen LogP contribution in [0.1, 0.15) is 36.0 Å². The molecule has 1 aromatic carbocycles. The molecule has 0 atom stereocenters. The van der Waals surface area contributed by atoms with Crippen LogP contribution in [-0.2, 0) is 0 Å². The van der Waals surface area contributed by atoms with Gasteiger partial charge in [-0.15, -0.1) is 0 Å². The van der Waals surface area contributed by atoms with E-state index in [2.05, 4.69) is 5.16 Å². The molecule has 1 aliphatic heterocycles. The lowest BCUT2D eigenvalue weighted by atomic mass is 10.1. The number of hydrogen-bond donors (Lipinski definition) is 0. The van der Waals surface area contributed by atoms with Crippen LogP contribution in [-0.4, -0.2) is 36.2 Å². The van der Waals surface area contributed by atoms with Crippen molar-refractivity contribution in [1.82, 2.24) is 10.1 Å². The first-order chi connectivity index (χ1) is 10.8. The van der Waals surface area contributed by atoms with E-state index in [9.17, 15) is 4.79 Å². The topological polar surface area (TPSA) is 55.6 Å². The molecule has 1 amide bonds. The zero-order valence-corrected chi connectivity index (χ0v) is 12.7. The summed E-state index contributed by atoms with van der Waals surface area (Å²) in [7, 11) is 1.62. The van der Waals surface area contributed by atoms with E-state index in [1.165, 1.54) is 19.0 Å². The Bertz CT molecular complexity index is 626. The summed E-state index contributed by atoms with van der Waals surface area (Å²) in [6, 6.07) is 7.44. The average Bonchev–Trinajstić information content (AvgIpc) is 2.89. The number of likely N-dealkylation sites (tertiary alicyclic amines) is 1. The van der Waals surface area contributed by atoms with Crippen LogP contribution in [0.25, 0.3) is 11.3 Å². The number of carbonyl (C=O) groups is 1. The molecule has 2 heterocycles. The monoisotopic (exact) mass is 300 g/mol. The predicted molar refractivity (Wildman–Crippen MR) is 82.9 cm³/mol. The van der Waals surface area contributed by atoms with Crippen molar-refractivity contribution in [3.05, 3.63) is 36.0 Å². The highest BCUT2D eigenvalue weighted by Gasteiger charge is 2.23. The number of aromatic nitrogens is 1. The Kier molecular flexibility index (Phi) is 4.42. The van der Waals surface area contributed by atoms with Crippen molar-refractivity contribution >= 4 is 5.91 Å². The van der Waals surface area contributed by atoms with Gasteiger partial charge in [0, 0.05) is 18.7 Å². The number of methoxy groups -OCH3 is 1. The highest BCUT2D eigenvalue weighted by Crippen LogP contribution is 2.27. The maximum Gasteiger partial charge on any atom is 0.259 e. The van der Waals surface area contributed by atoms with Gasteiger partial charge in [0.15, 0.2) is 5.76 Å². The van der Waals surface area contributed by atoms with Crippen molar-refractivity contribution in [2.24, 2.45) is 0 Å². The van der Waals surface area contributed by atoms with Crippen LogP contribution in [0, 0.1) is 0 Å². The molecule has 5 heteroatoms. The number of ether oxygens (including phenoxy) is 1. The van der Waals surface area contributed by atoms with Gasteiger partial charge in [-0.3, -0.25) is 4.79 Å². The molecule has 1 aliphatic rings. The molecule has 5 nitrogen and oxygen atoms in total. The summed E-state index contributed by atoms with van der Waals surface area (Å²) < 4.78 is 10.5. The minimum Gasteiger partial charge on any atom is -0.497 e. The summed E-state index contributed by atoms with van der Waals surface area (Å²) in [6.45, 7) is 1.62. The van der Waals surface area contributed by atoms with Gasteiger partial charge >= 0.3 is 0 Å². The second-order valence-corrected chi connectivity index (χ2v) is 5.50. The molecule has 0 bridgehead atoms. The fraction of sp³-hybridized carbons (Fsp3) is 0.412. The number of amides is 1. The van der Waals surface area contributed by atoms with Gasteiger partial charge in [-0.2, -0.15) is 0 Å². The Morgan fingerprint density at radius 1 is 1.14 bits per heavy atom. The fourth-order valence-corrected chi connectivity index (χ4v) is 2.79. The second-order valence-electron chi connectivity index (χ2n) is 5.50. The van der Waals surface area contributed by atoms with Crippen molar-refractivity contribution in [2.75, 3.05) is 20.2 Å². The van der Waals surface area contributed by atoms with E-state index >= 15 is 0 Å². The Hall–Kier alpha value is -2.30. The number of benzene rings is 1. The quantitative estimate of drug-likeness (QED) is 0.872. The molecule has 0 unspecified atom stereocenters. The molecule has 1 saturated heterocycles. The smallest absolute Gasteiger partial charge is 0.259 e. The Labute approximate surface area is 129 Å². The Morgan fingerprint density at radius 3 is 2.45 bits per heavy atom. The van der Waals surface area contributed by atoms with Crippen molar-refractivity contribution in [3.8, 4) is 17.1 Å². The van der Waals surface area contributed by atoms with E-state index in [0.29, 0.717) is 11.3 Å². The Morgan fingerprint density at radius 2 is 1.82 bits per heavy atom. The van der Waals surface area contributed by atoms with E-state index in [1.54, 1.807) is 7.11 Å². The molecule has 0 saturated carbocycles. The highest BCUT2D eigenvalue weighted by molar-refractivity contribution is 5.99. The first kappa shape index (κ1) is 14.6. The molecule has 22 heavy (non-hydrogen) atoms. The molecule has 3 rings (SSSR count). The lowest BCUT2D eigenvalue weighted by Crippen LogP contribution is -2.31. The normalized spacial score (nSPS) is 15.4. The predicted octanol–water partition coefficient (Wildman–Crippen LogP) is 3.37. The van der Waals surface area contributed by atoms with E-state index in [-0.39, 0.29) is 5.91 Å². The summed E-state index contributed by atoms with van der Waals surface area (Å²) in [6.07, 6.45) is 6.04. The van der Waals surface area contributed by atoms with Crippen LogP contribution in [0.5, 0.6) is 5.75 Å². The fourth-order valence-electron chi connectivity index (χ4n) is 2.79. The minimum absolute atomic E-state index is 0.00830. The molecule has 0 radical (unpaired) electrons. The summed E-state index contributed by atoms with van der Waals surface area (Å²) in [5.74, 6) is 1.30. The van der Waals surface area contributed by atoms with Gasteiger partial charge < -0.3 is 14.2 Å². The maximum absolute atomic E-state index is 12.7. The zero-order valence-electron chi connectivity index (χ0n) is 12.7. The van der Waals surface area contributed by atoms with E-state index in [0.717, 1.165) is 37.2 Å². The SMILES string of the molecule is COc1ccc(-c2oncc2C(=O)N2CCCCCC2)cc1. The first-order valence-corrected chi connectivity index (χ1v) is 7.68. The summed E-state index contributed by atoms with van der Waals surface area (Å²) in [5, 5.41) is 3.83. The minimum atomic E-state index is 0.00830. The average molecular weight is 300 g/mol. The van der Waals surface area contributed by atoms with Crippen molar-refractivity contribution < 1.29 is 14.1 Å². The largest absolute Gasteiger partial charge is 0.497 e. The molecular weight excluding hydrogens is 280 g/mol. The molecule has 2 aromatic rings. The second kappa shape index (κ2) is 6.64. The number of rotatable bonds is 3. The molecule has 0 spiro atoms. The lowest BCUT2D eigenvalue weighted by molar-refractivity contribution is 0.0762. The van der Waals surface area contributed by atoms with Gasteiger partial charge in [0.2, 0.25) is 0 Å². The van der Waals surface area contributed by atoms with Crippen LogP contribution in [0.4, 0.5) is 0 Å². The van der Waals surface area contributed by atoms with Gasteiger partial charge in [-0.1, -0.05) is 18.0 Å². The third kappa shape index (κ3) is 2.98. The summed E-state index contributed by atoms with van der Waals surface area (Å²) in [4.78, 5) is 14.6. The van der Waals surface area contributed by atoms with Crippen molar-refractivity contribution in [2.45, 2.75) is 25.7 Å². The number of nitrogens with zero attached hydrogens (tertiary/aromatic N) is 2. The highest BCUT2D eigenvalue weighted by atomic mass is 16.5. The molecule has 0 aliphatic carbocycles. The van der Waals surface area contributed by atoms with Gasteiger partial charge in [0.05, 0.1) is 13.3 Å². The van der Waals surface area contributed by atoms with Gasteiger partial charge in [-0.05, 0) is 37.1 Å². The number of hydrogen-bond acceptors (Lipinski definition) is 4. The molecule has 1 fully saturated rings. The van der Waals surface area contributed by atoms with Crippen molar-refractivity contribution in [3.63, 3.8) is 0 Å². The first-order valence-electron chi connectivity index (χ1n) is 7.68. The van der Waals surface area contributed by atoms with Gasteiger partial charge in [0.25, 0.3) is 5.91 Å².